The van der Waals surface area contributed by atoms with Crippen LogP contribution in [0.5, 0.6) is 0 Å². The van der Waals surface area contributed by atoms with Crippen molar-refractivity contribution in [1.82, 2.24) is 10.3 Å². The van der Waals surface area contributed by atoms with E-state index in [4.69, 9.17) is 0 Å². The van der Waals surface area contributed by atoms with Crippen LogP contribution in [0, 0.1) is 0 Å². The van der Waals surface area contributed by atoms with E-state index in [1.807, 2.05) is 0 Å². The second-order valence-electron chi connectivity index (χ2n) is 4.37. The SMILES string of the molecule is O=C(NC1CCCS(=O)(=O)C1)c1cc[nH]c(=O)c1. The lowest BCUT2D eigenvalue weighted by Gasteiger charge is -2.22. The molecule has 1 aliphatic heterocycles. The van der Waals surface area contributed by atoms with E-state index in [2.05, 4.69) is 10.3 Å². The van der Waals surface area contributed by atoms with Crippen LogP contribution in [0.3, 0.4) is 0 Å². The molecule has 2 heterocycles. The van der Waals surface area contributed by atoms with Crippen LogP contribution in [-0.2, 0) is 9.84 Å². The van der Waals surface area contributed by atoms with Gasteiger partial charge in [0.15, 0.2) is 9.84 Å². The van der Waals surface area contributed by atoms with Crippen LogP contribution < -0.4 is 10.9 Å². The first-order chi connectivity index (χ1) is 8.46. The van der Waals surface area contributed by atoms with E-state index in [9.17, 15) is 18.0 Å². The van der Waals surface area contributed by atoms with E-state index >= 15 is 0 Å². The number of H-pyrrole nitrogens is 1. The van der Waals surface area contributed by atoms with Crippen LogP contribution >= 0.6 is 0 Å². The molecule has 0 bridgehead atoms. The Kier molecular flexibility index (Phi) is 3.51. The Hall–Kier alpha value is -1.63. The molecule has 1 aromatic heterocycles. The average Bonchev–Trinajstić information content (AvgIpc) is 2.27. The number of aromatic nitrogens is 1. The van der Waals surface area contributed by atoms with Gasteiger partial charge in [-0.1, -0.05) is 0 Å². The van der Waals surface area contributed by atoms with Crippen molar-refractivity contribution in [3.8, 4) is 0 Å². The fourth-order valence-electron chi connectivity index (χ4n) is 1.99. The normalized spacial score (nSPS) is 22.3. The number of rotatable bonds is 2. The third-order valence-corrected chi connectivity index (χ3v) is 4.66. The predicted octanol–water partition coefficient (Wildman–Crippen LogP) is -0.318. The molecule has 1 amide bonds. The molecule has 2 rings (SSSR count). The molecule has 1 fully saturated rings. The van der Waals surface area contributed by atoms with Crippen molar-refractivity contribution in [2.24, 2.45) is 0 Å². The number of hydrogen-bond donors (Lipinski definition) is 2. The lowest BCUT2D eigenvalue weighted by atomic mass is 10.1. The van der Waals surface area contributed by atoms with E-state index in [0.29, 0.717) is 12.8 Å². The Morgan fingerprint density at radius 3 is 2.89 bits per heavy atom. The second kappa shape index (κ2) is 4.93. The number of carbonyl (C=O) groups excluding carboxylic acids is 1. The molecule has 98 valence electrons. The van der Waals surface area contributed by atoms with Crippen molar-refractivity contribution in [2.75, 3.05) is 11.5 Å². The van der Waals surface area contributed by atoms with Gasteiger partial charge in [-0.3, -0.25) is 9.59 Å². The highest BCUT2D eigenvalue weighted by Gasteiger charge is 2.26. The molecule has 0 saturated carbocycles. The van der Waals surface area contributed by atoms with E-state index < -0.39 is 15.7 Å². The molecular weight excluding hydrogens is 256 g/mol. The van der Waals surface area contributed by atoms with Crippen LogP contribution in [0.25, 0.3) is 0 Å². The summed E-state index contributed by atoms with van der Waals surface area (Å²) in [6.07, 6.45) is 2.59. The van der Waals surface area contributed by atoms with E-state index in [1.54, 1.807) is 0 Å². The molecule has 1 unspecified atom stereocenters. The fraction of sp³-hybridized carbons (Fsp3) is 0.455. The fourth-order valence-corrected chi connectivity index (χ4v) is 3.63. The molecule has 1 saturated heterocycles. The van der Waals surface area contributed by atoms with Crippen LogP contribution in [0.4, 0.5) is 0 Å². The lowest BCUT2D eigenvalue weighted by molar-refractivity contribution is 0.0938. The van der Waals surface area contributed by atoms with Crippen molar-refractivity contribution in [1.29, 1.82) is 0 Å². The lowest BCUT2D eigenvalue weighted by Crippen LogP contribution is -2.43. The number of amides is 1. The smallest absolute Gasteiger partial charge is 0.251 e. The molecule has 0 aliphatic carbocycles. The topological polar surface area (TPSA) is 96.1 Å². The number of nitrogens with one attached hydrogen (secondary N) is 2. The van der Waals surface area contributed by atoms with Crippen molar-refractivity contribution >= 4 is 15.7 Å². The monoisotopic (exact) mass is 270 g/mol. The molecule has 6 nitrogen and oxygen atoms in total. The van der Waals surface area contributed by atoms with E-state index in [-0.39, 0.29) is 28.7 Å². The molecule has 1 aromatic rings. The summed E-state index contributed by atoms with van der Waals surface area (Å²) < 4.78 is 22.9. The highest BCUT2D eigenvalue weighted by Crippen LogP contribution is 2.12. The molecule has 1 atom stereocenters. The third-order valence-electron chi connectivity index (χ3n) is 2.84. The van der Waals surface area contributed by atoms with Gasteiger partial charge in [-0.15, -0.1) is 0 Å². The maximum Gasteiger partial charge on any atom is 0.251 e. The summed E-state index contributed by atoms with van der Waals surface area (Å²) in [6.45, 7) is 0. The van der Waals surface area contributed by atoms with Gasteiger partial charge in [0.25, 0.3) is 5.91 Å². The average molecular weight is 270 g/mol. The van der Waals surface area contributed by atoms with Gasteiger partial charge in [-0.2, -0.15) is 0 Å². The first-order valence-corrected chi connectivity index (χ1v) is 7.48. The highest BCUT2D eigenvalue weighted by molar-refractivity contribution is 7.91. The molecule has 1 aliphatic rings. The van der Waals surface area contributed by atoms with Gasteiger partial charge in [0, 0.05) is 23.9 Å². The quantitative estimate of drug-likeness (QED) is 0.770. The predicted molar refractivity (Wildman–Crippen MR) is 66.2 cm³/mol. The summed E-state index contributed by atoms with van der Waals surface area (Å²) in [5, 5.41) is 2.65. The Bertz CT molecular complexity index is 605. The van der Waals surface area contributed by atoms with Crippen molar-refractivity contribution in [2.45, 2.75) is 18.9 Å². The zero-order valence-electron chi connectivity index (χ0n) is 9.68. The number of hydrogen-bond acceptors (Lipinski definition) is 4. The highest BCUT2D eigenvalue weighted by atomic mass is 32.2. The summed E-state index contributed by atoms with van der Waals surface area (Å²) >= 11 is 0. The Labute approximate surface area is 104 Å². The maximum absolute atomic E-state index is 11.8. The Balaban J connectivity index is 2.06. The van der Waals surface area contributed by atoms with Gasteiger partial charge in [-0.05, 0) is 18.9 Å². The van der Waals surface area contributed by atoms with Crippen LogP contribution in [0.1, 0.15) is 23.2 Å². The van der Waals surface area contributed by atoms with E-state index in [1.165, 1.54) is 18.3 Å². The molecular formula is C11H14N2O4S. The van der Waals surface area contributed by atoms with Crippen molar-refractivity contribution in [3.63, 3.8) is 0 Å². The summed E-state index contributed by atoms with van der Waals surface area (Å²) in [5.41, 5.74) is -0.124. The Morgan fingerprint density at radius 1 is 1.44 bits per heavy atom. The first kappa shape index (κ1) is 12.8. The zero-order chi connectivity index (χ0) is 13.2. The second-order valence-corrected chi connectivity index (χ2v) is 6.60. The molecule has 7 heteroatoms. The van der Waals surface area contributed by atoms with Crippen LogP contribution in [0.2, 0.25) is 0 Å². The minimum atomic E-state index is -3.05. The van der Waals surface area contributed by atoms with Gasteiger partial charge in [-0.25, -0.2) is 8.42 Å². The number of pyridine rings is 1. The molecule has 0 aromatic carbocycles. The maximum atomic E-state index is 11.8. The van der Waals surface area contributed by atoms with Gasteiger partial charge < -0.3 is 10.3 Å². The third kappa shape index (κ3) is 3.19. The number of carbonyl (C=O) groups is 1. The summed E-state index contributed by atoms with van der Waals surface area (Å²) in [6, 6.07) is 2.30. The zero-order valence-corrected chi connectivity index (χ0v) is 10.5. The van der Waals surface area contributed by atoms with Crippen LogP contribution in [-0.4, -0.2) is 36.9 Å². The summed E-state index contributed by atoms with van der Waals surface area (Å²) in [5.74, 6) is -0.255. The van der Waals surface area contributed by atoms with Gasteiger partial charge in [0.2, 0.25) is 5.56 Å². The van der Waals surface area contributed by atoms with Gasteiger partial charge >= 0.3 is 0 Å². The van der Waals surface area contributed by atoms with Crippen molar-refractivity contribution < 1.29 is 13.2 Å². The number of aromatic amines is 1. The first-order valence-electron chi connectivity index (χ1n) is 5.66. The number of sulfone groups is 1. The minimum absolute atomic E-state index is 0.0259. The summed E-state index contributed by atoms with van der Waals surface area (Å²) in [7, 11) is -3.05. The van der Waals surface area contributed by atoms with Gasteiger partial charge in [0.05, 0.1) is 11.5 Å². The summed E-state index contributed by atoms with van der Waals surface area (Å²) in [4.78, 5) is 25.3. The molecule has 0 spiro atoms. The van der Waals surface area contributed by atoms with Gasteiger partial charge in [0.1, 0.15) is 0 Å². The largest absolute Gasteiger partial charge is 0.348 e. The Morgan fingerprint density at radius 2 is 2.22 bits per heavy atom. The van der Waals surface area contributed by atoms with Crippen LogP contribution in [0.15, 0.2) is 23.1 Å². The van der Waals surface area contributed by atoms with Crippen molar-refractivity contribution in [3.05, 3.63) is 34.2 Å². The van der Waals surface area contributed by atoms with E-state index in [0.717, 1.165) is 0 Å². The molecule has 0 radical (unpaired) electrons. The minimum Gasteiger partial charge on any atom is -0.348 e. The molecule has 18 heavy (non-hydrogen) atoms. The standard InChI is InChI=1S/C11H14N2O4S/c14-10-6-8(3-4-12-10)11(15)13-9-2-1-5-18(16,17)7-9/h3-4,6,9H,1-2,5,7H2,(H,12,14)(H,13,15). The molecule has 2 N–H and O–H groups in total.